The number of aromatic nitrogens is 2. The summed E-state index contributed by atoms with van der Waals surface area (Å²) < 4.78 is 1.75. The van der Waals surface area contributed by atoms with E-state index in [0.717, 1.165) is 0 Å². The number of nitriles is 1. The zero-order valence-electron chi connectivity index (χ0n) is 5.00. The first-order valence-corrected chi connectivity index (χ1v) is 3.94. The molecule has 0 fully saturated rings. The van der Waals surface area contributed by atoms with E-state index >= 15 is 0 Å². The van der Waals surface area contributed by atoms with Gasteiger partial charge in [-0.3, -0.25) is 4.45 Å². The summed E-state index contributed by atoms with van der Waals surface area (Å²) in [7, 11) is 0.608. The number of rotatable bonds is 1. The van der Waals surface area contributed by atoms with Crippen molar-refractivity contribution in [2.45, 2.75) is 0 Å². The highest BCUT2D eigenvalue weighted by Crippen LogP contribution is 2.06. The molecular weight excluding hydrogens is 133 g/mol. The summed E-state index contributed by atoms with van der Waals surface area (Å²) in [4.78, 5) is 0. The Balaban J connectivity index is 2.90. The van der Waals surface area contributed by atoms with Crippen LogP contribution in [-0.4, -0.2) is 16.2 Å². The molecule has 0 radical (unpaired) electrons. The molecule has 0 N–H and O–H groups in total. The lowest BCUT2D eigenvalue weighted by Crippen LogP contribution is -1.78. The van der Waals surface area contributed by atoms with Crippen LogP contribution in [0.5, 0.6) is 0 Å². The molecular formula is C5H6N3P. The Labute approximate surface area is 55.1 Å². The first kappa shape index (κ1) is 6.25. The molecule has 46 valence electrons. The minimum atomic E-state index is 0.608. The Morgan fingerprint density at radius 2 is 2.67 bits per heavy atom. The predicted molar refractivity (Wildman–Crippen MR) is 36.6 cm³/mol. The van der Waals surface area contributed by atoms with E-state index in [1.807, 2.05) is 12.7 Å². The van der Waals surface area contributed by atoms with Gasteiger partial charge in [0.15, 0.2) is 0 Å². The molecule has 4 heteroatoms. The van der Waals surface area contributed by atoms with E-state index in [1.165, 1.54) is 0 Å². The molecule has 1 unspecified atom stereocenters. The standard InChI is InChI=1S/C5H6N3P/c1-9-8-4-5(2-6)3-7-8/h3-4,9H,1H3. The van der Waals surface area contributed by atoms with E-state index in [4.69, 9.17) is 5.26 Å². The fraction of sp³-hybridized carbons (Fsp3) is 0.200. The highest BCUT2D eigenvalue weighted by Gasteiger charge is 1.91. The number of hydrogen-bond acceptors (Lipinski definition) is 2. The van der Waals surface area contributed by atoms with Crippen LogP contribution in [0.1, 0.15) is 5.56 Å². The minimum Gasteiger partial charge on any atom is -0.254 e. The second kappa shape index (κ2) is 2.61. The summed E-state index contributed by atoms with van der Waals surface area (Å²) >= 11 is 0. The van der Waals surface area contributed by atoms with Crippen LogP contribution in [-0.2, 0) is 0 Å². The van der Waals surface area contributed by atoms with Gasteiger partial charge >= 0.3 is 0 Å². The van der Waals surface area contributed by atoms with E-state index in [2.05, 4.69) is 5.10 Å². The van der Waals surface area contributed by atoms with Crippen molar-refractivity contribution in [2.24, 2.45) is 0 Å². The first-order chi connectivity index (χ1) is 4.36. The van der Waals surface area contributed by atoms with Crippen molar-refractivity contribution in [3.8, 4) is 6.07 Å². The molecule has 0 aliphatic rings. The van der Waals surface area contributed by atoms with Gasteiger partial charge in [0.25, 0.3) is 0 Å². The molecule has 0 aromatic carbocycles. The Kier molecular flexibility index (Phi) is 1.81. The van der Waals surface area contributed by atoms with Gasteiger partial charge in [0.2, 0.25) is 0 Å². The van der Waals surface area contributed by atoms with Crippen LogP contribution in [0.3, 0.4) is 0 Å². The molecule has 0 bridgehead atoms. The van der Waals surface area contributed by atoms with Crippen LogP contribution < -0.4 is 0 Å². The summed E-state index contributed by atoms with van der Waals surface area (Å²) in [5.41, 5.74) is 0.629. The van der Waals surface area contributed by atoms with E-state index < -0.39 is 0 Å². The maximum absolute atomic E-state index is 8.35. The Bertz CT molecular complexity index is 235. The maximum Gasteiger partial charge on any atom is 0.102 e. The average molecular weight is 139 g/mol. The molecule has 0 saturated heterocycles. The van der Waals surface area contributed by atoms with E-state index in [1.54, 1.807) is 16.8 Å². The Hall–Kier alpha value is -0.870. The Morgan fingerprint density at radius 3 is 3.00 bits per heavy atom. The van der Waals surface area contributed by atoms with Gasteiger partial charge in [-0.25, -0.2) is 0 Å². The van der Waals surface area contributed by atoms with Crippen molar-refractivity contribution in [3.05, 3.63) is 18.0 Å². The lowest BCUT2D eigenvalue weighted by molar-refractivity contribution is 1.00. The van der Waals surface area contributed by atoms with E-state index in [-0.39, 0.29) is 0 Å². The number of hydrogen-bond donors (Lipinski definition) is 0. The third kappa shape index (κ3) is 1.28. The van der Waals surface area contributed by atoms with Crippen molar-refractivity contribution in [3.63, 3.8) is 0 Å². The third-order valence-corrected chi connectivity index (χ3v) is 1.64. The van der Waals surface area contributed by atoms with Gasteiger partial charge in [0, 0.05) is 6.20 Å². The molecule has 1 heterocycles. The van der Waals surface area contributed by atoms with Crippen LogP contribution in [0, 0.1) is 11.3 Å². The normalized spacial score (nSPS) is 10.2. The van der Waals surface area contributed by atoms with Gasteiger partial charge in [-0.15, -0.1) is 0 Å². The minimum absolute atomic E-state index is 0.608. The molecule has 0 aliphatic carbocycles. The molecule has 0 amide bonds. The monoisotopic (exact) mass is 139 g/mol. The summed E-state index contributed by atoms with van der Waals surface area (Å²) in [5, 5.41) is 12.3. The second-order valence-electron chi connectivity index (χ2n) is 1.51. The predicted octanol–water partition coefficient (Wildman–Crippen LogP) is 0.826. The third-order valence-electron chi connectivity index (χ3n) is 0.941. The fourth-order valence-corrected chi connectivity index (χ4v) is 0.944. The molecule has 1 aromatic heterocycles. The van der Waals surface area contributed by atoms with Crippen LogP contribution >= 0.6 is 8.73 Å². The zero-order chi connectivity index (χ0) is 6.69. The quantitative estimate of drug-likeness (QED) is 0.540. The summed E-state index contributed by atoms with van der Waals surface area (Å²) in [6, 6.07) is 2.00. The van der Waals surface area contributed by atoms with E-state index in [0.29, 0.717) is 14.3 Å². The van der Waals surface area contributed by atoms with Crippen molar-refractivity contribution < 1.29 is 0 Å². The van der Waals surface area contributed by atoms with Gasteiger partial charge in [0.05, 0.1) is 11.8 Å². The van der Waals surface area contributed by atoms with Crippen LogP contribution in [0.25, 0.3) is 0 Å². The van der Waals surface area contributed by atoms with Crippen LogP contribution in [0.2, 0.25) is 0 Å². The average Bonchev–Trinajstić information content (AvgIpc) is 2.34. The van der Waals surface area contributed by atoms with Crippen molar-refractivity contribution >= 4 is 8.73 Å². The smallest absolute Gasteiger partial charge is 0.102 e. The molecule has 1 rings (SSSR count). The summed E-state index contributed by atoms with van der Waals surface area (Å²) in [6.07, 6.45) is 3.30. The molecule has 0 spiro atoms. The highest BCUT2D eigenvalue weighted by atomic mass is 31.1. The zero-order valence-corrected chi connectivity index (χ0v) is 6.00. The first-order valence-electron chi connectivity index (χ1n) is 2.49. The molecule has 1 atom stereocenters. The Morgan fingerprint density at radius 1 is 1.89 bits per heavy atom. The van der Waals surface area contributed by atoms with Crippen molar-refractivity contribution in [1.82, 2.24) is 9.55 Å². The van der Waals surface area contributed by atoms with Crippen LogP contribution in [0.15, 0.2) is 12.4 Å². The van der Waals surface area contributed by atoms with Gasteiger partial charge in [-0.2, -0.15) is 10.4 Å². The fourth-order valence-electron chi connectivity index (χ4n) is 0.503. The summed E-state index contributed by atoms with van der Waals surface area (Å²) in [6.45, 7) is 2.01. The highest BCUT2D eigenvalue weighted by molar-refractivity contribution is 7.35. The summed E-state index contributed by atoms with van der Waals surface area (Å²) in [5.74, 6) is 0. The molecule has 1 aromatic rings. The second-order valence-corrected chi connectivity index (χ2v) is 2.41. The lowest BCUT2D eigenvalue weighted by atomic mass is 10.4. The van der Waals surface area contributed by atoms with Crippen molar-refractivity contribution in [2.75, 3.05) is 6.66 Å². The van der Waals surface area contributed by atoms with Crippen LogP contribution in [0.4, 0.5) is 0 Å². The SMILES string of the molecule is CPn1cc(C#N)cn1. The van der Waals surface area contributed by atoms with Crippen molar-refractivity contribution in [1.29, 1.82) is 5.26 Å². The molecule has 0 saturated carbocycles. The molecule has 0 aliphatic heterocycles. The van der Waals surface area contributed by atoms with E-state index in [9.17, 15) is 0 Å². The molecule has 9 heavy (non-hydrogen) atoms. The maximum atomic E-state index is 8.35. The van der Waals surface area contributed by atoms with Gasteiger partial charge < -0.3 is 0 Å². The largest absolute Gasteiger partial charge is 0.254 e. The van der Waals surface area contributed by atoms with Gasteiger partial charge in [0.1, 0.15) is 6.07 Å². The number of nitrogens with zero attached hydrogens (tertiary/aromatic N) is 3. The topological polar surface area (TPSA) is 41.6 Å². The van der Waals surface area contributed by atoms with Gasteiger partial charge in [-0.1, -0.05) is 0 Å². The lowest BCUT2D eigenvalue weighted by Gasteiger charge is -1.87. The molecule has 3 nitrogen and oxygen atoms in total. The van der Waals surface area contributed by atoms with Gasteiger partial charge in [-0.05, 0) is 15.4 Å².